The molecule has 0 aromatic heterocycles. The van der Waals surface area contributed by atoms with E-state index >= 15 is 0 Å². The Labute approximate surface area is 89.8 Å². The summed E-state index contributed by atoms with van der Waals surface area (Å²) >= 11 is 5.87. The van der Waals surface area contributed by atoms with Crippen molar-refractivity contribution in [2.75, 3.05) is 0 Å². The van der Waals surface area contributed by atoms with Crippen molar-refractivity contribution >= 4 is 21.4 Å². The fraction of sp³-hybridized carbons (Fsp3) is 0.400. The van der Waals surface area contributed by atoms with Gasteiger partial charge in [0.2, 0.25) is 0 Å². The van der Waals surface area contributed by atoms with Crippen LogP contribution in [0.1, 0.15) is 19.4 Å². The minimum atomic E-state index is -3.06. The third kappa shape index (κ3) is 2.72. The number of hydrogen-bond acceptors (Lipinski definition) is 2. The van der Waals surface area contributed by atoms with Crippen LogP contribution in [0.5, 0.6) is 0 Å². The van der Waals surface area contributed by atoms with Crippen LogP contribution in [0.4, 0.5) is 0 Å². The smallest absolute Gasteiger partial charge is 0.156 e. The molecule has 0 saturated heterocycles. The Morgan fingerprint density at radius 2 is 1.86 bits per heavy atom. The zero-order chi connectivity index (χ0) is 10.8. The van der Waals surface area contributed by atoms with Gasteiger partial charge < -0.3 is 0 Å². The average Bonchev–Trinajstić information content (AvgIpc) is 2.08. The molecule has 0 atom stereocenters. The first kappa shape index (κ1) is 11.5. The molecule has 0 aliphatic carbocycles. The summed E-state index contributed by atoms with van der Waals surface area (Å²) < 4.78 is 23.2. The molecule has 0 N–H and O–H groups in total. The van der Waals surface area contributed by atoms with Crippen molar-refractivity contribution in [1.29, 1.82) is 0 Å². The predicted molar refractivity (Wildman–Crippen MR) is 59.2 cm³/mol. The zero-order valence-corrected chi connectivity index (χ0v) is 9.77. The Morgan fingerprint density at radius 1 is 1.29 bits per heavy atom. The van der Waals surface area contributed by atoms with Crippen molar-refractivity contribution in [2.45, 2.75) is 24.9 Å². The summed E-state index contributed by atoms with van der Waals surface area (Å²) in [6.07, 6.45) is 0. The molecule has 0 radical (unpaired) electrons. The van der Waals surface area contributed by atoms with Crippen molar-refractivity contribution in [3.63, 3.8) is 0 Å². The summed E-state index contributed by atoms with van der Waals surface area (Å²) in [6, 6.07) is 7.01. The third-order valence-electron chi connectivity index (χ3n) is 2.03. The molecule has 0 aliphatic rings. The van der Waals surface area contributed by atoms with Gasteiger partial charge in [-0.2, -0.15) is 0 Å². The number of benzene rings is 1. The molecule has 4 heteroatoms. The molecule has 0 heterocycles. The van der Waals surface area contributed by atoms with E-state index in [1.54, 1.807) is 38.1 Å². The second-order valence-electron chi connectivity index (χ2n) is 3.45. The van der Waals surface area contributed by atoms with E-state index in [1.807, 2.05) is 0 Å². The van der Waals surface area contributed by atoms with Gasteiger partial charge in [0.25, 0.3) is 0 Å². The van der Waals surface area contributed by atoms with E-state index in [4.69, 9.17) is 11.6 Å². The summed E-state index contributed by atoms with van der Waals surface area (Å²) in [5.41, 5.74) is 0.669. The van der Waals surface area contributed by atoms with Crippen molar-refractivity contribution < 1.29 is 8.42 Å². The van der Waals surface area contributed by atoms with Crippen LogP contribution in [0.15, 0.2) is 24.3 Å². The molecule has 0 spiro atoms. The van der Waals surface area contributed by atoms with Crippen molar-refractivity contribution in [1.82, 2.24) is 0 Å². The average molecular weight is 233 g/mol. The maximum absolute atomic E-state index is 11.6. The van der Waals surface area contributed by atoms with E-state index in [-0.39, 0.29) is 11.0 Å². The van der Waals surface area contributed by atoms with Gasteiger partial charge in [-0.05, 0) is 25.5 Å². The van der Waals surface area contributed by atoms with Gasteiger partial charge in [0.15, 0.2) is 9.84 Å². The van der Waals surface area contributed by atoms with E-state index in [1.165, 1.54) is 0 Å². The number of rotatable bonds is 3. The molecular weight excluding hydrogens is 220 g/mol. The van der Waals surface area contributed by atoms with E-state index in [2.05, 4.69) is 0 Å². The first-order chi connectivity index (χ1) is 6.43. The van der Waals surface area contributed by atoms with Crippen molar-refractivity contribution in [3.8, 4) is 0 Å². The van der Waals surface area contributed by atoms with Gasteiger partial charge in [-0.15, -0.1) is 0 Å². The first-order valence-corrected chi connectivity index (χ1v) is 6.48. The van der Waals surface area contributed by atoms with E-state index in [0.717, 1.165) is 0 Å². The van der Waals surface area contributed by atoms with Gasteiger partial charge in [-0.25, -0.2) is 8.42 Å². The van der Waals surface area contributed by atoms with Gasteiger partial charge in [-0.1, -0.05) is 29.8 Å². The molecule has 1 aromatic rings. The Balaban J connectivity index is 2.96. The molecule has 0 unspecified atom stereocenters. The highest BCUT2D eigenvalue weighted by Crippen LogP contribution is 2.19. The largest absolute Gasteiger partial charge is 0.228 e. The number of sulfone groups is 1. The Morgan fingerprint density at radius 3 is 2.36 bits per heavy atom. The monoisotopic (exact) mass is 232 g/mol. The van der Waals surface area contributed by atoms with Crippen LogP contribution >= 0.6 is 11.6 Å². The predicted octanol–water partition coefficient (Wildman–Crippen LogP) is 2.66. The van der Waals surface area contributed by atoms with Gasteiger partial charge in [0.1, 0.15) is 0 Å². The van der Waals surface area contributed by atoms with Crippen LogP contribution in [0.2, 0.25) is 5.02 Å². The lowest BCUT2D eigenvalue weighted by Crippen LogP contribution is -2.16. The molecule has 0 saturated carbocycles. The van der Waals surface area contributed by atoms with Crippen molar-refractivity contribution in [3.05, 3.63) is 34.9 Å². The highest BCUT2D eigenvalue weighted by molar-refractivity contribution is 7.91. The molecule has 1 aromatic carbocycles. The lowest BCUT2D eigenvalue weighted by molar-refractivity contribution is 0.586. The second kappa shape index (κ2) is 4.32. The topological polar surface area (TPSA) is 34.1 Å². The molecule has 1 rings (SSSR count). The van der Waals surface area contributed by atoms with E-state index in [9.17, 15) is 8.42 Å². The third-order valence-corrected chi connectivity index (χ3v) is 4.55. The fourth-order valence-corrected chi connectivity index (χ4v) is 2.30. The standard InChI is InChI=1S/C10H13ClO2S/c1-8(2)14(12,13)7-9-5-3-4-6-10(9)11/h3-6,8H,7H2,1-2H3. The van der Waals surface area contributed by atoms with Gasteiger partial charge in [-0.3, -0.25) is 0 Å². The quantitative estimate of drug-likeness (QED) is 0.803. The zero-order valence-electron chi connectivity index (χ0n) is 8.20. The molecule has 2 nitrogen and oxygen atoms in total. The Kier molecular flexibility index (Phi) is 3.56. The van der Waals surface area contributed by atoms with Gasteiger partial charge in [0.05, 0.1) is 11.0 Å². The molecule has 0 fully saturated rings. The maximum Gasteiger partial charge on any atom is 0.156 e. The minimum absolute atomic E-state index is 0.0182. The fourth-order valence-electron chi connectivity index (χ4n) is 0.999. The summed E-state index contributed by atoms with van der Waals surface area (Å²) in [5.74, 6) is 0.0182. The molecule has 78 valence electrons. The van der Waals surface area contributed by atoms with Crippen LogP contribution in [0.25, 0.3) is 0 Å². The molecule has 0 amide bonds. The lowest BCUT2D eigenvalue weighted by Gasteiger charge is -2.08. The molecule has 0 bridgehead atoms. The first-order valence-electron chi connectivity index (χ1n) is 4.38. The summed E-state index contributed by atoms with van der Waals surface area (Å²) in [6.45, 7) is 3.35. The van der Waals surface area contributed by atoms with Crippen LogP contribution in [0, 0.1) is 0 Å². The highest BCUT2D eigenvalue weighted by atomic mass is 35.5. The summed E-state index contributed by atoms with van der Waals surface area (Å²) in [7, 11) is -3.06. The number of hydrogen-bond donors (Lipinski definition) is 0. The van der Waals surface area contributed by atoms with Crippen LogP contribution in [-0.4, -0.2) is 13.7 Å². The second-order valence-corrected chi connectivity index (χ2v) is 6.41. The van der Waals surface area contributed by atoms with Crippen molar-refractivity contribution in [2.24, 2.45) is 0 Å². The SMILES string of the molecule is CC(C)S(=O)(=O)Cc1ccccc1Cl. The van der Waals surface area contributed by atoms with E-state index in [0.29, 0.717) is 10.6 Å². The summed E-state index contributed by atoms with van der Waals surface area (Å²) in [4.78, 5) is 0. The Bertz CT molecular complexity index is 410. The van der Waals surface area contributed by atoms with Crippen LogP contribution in [0.3, 0.4) is 0 Å². The normalized spacial score (nSPS) is 12.0. The number of halogens is 1. The van der Waals surface area contributed by atoms with Gasteiger partial charge >= 0.3 is 0 Å². The van der Waals surface area contributed by atoms with Crippen LogP contribution < -0.4 is 0 Å². The lowest BCUT2D eigenvalue weighted by atomic mass is 10.2. The van der Waals surface area contributed by atoms with Gasteiger partial charge in [0, 0.05) is 5.02 Å². The minimum Gasteiger partial charge on any atom is -0.228 e. The highest BCUT2D eigenvalue weighted by Gasteiger charge is 2.17. The molecule has 0 aliphatic heterocycles. The molecular formula is C10H13ClO2S. The summed E-state index contributed by atoms with van der Waals surface area (Å²) in [5, 5.41) is 0.149. The van der Waals surface area contributed by atoms with Crippen LogP contribution in [-0.2, 0) is 15.6 Å². The van der Waals surface area contributed by atoms with E-state index < -0.39 is 9.84 Å². The Hall–Kier alpha value is -0.540. The maximum atomic E-state index is 11.6. The molecule has 14 heavy (non-hydrogen) atoms.